The molecule has 1 amide bonds. The van der Waals surface area contributed by atoms with Crippen LogP contribution in [0, 0.1) is 6.92 Å². The summed E-state index contributed by atoms with van der Waals surface area (Å²) in [5.74, 6) is 0.0532. The highest BCUT2D eigenvalue weighted by Gasteiger charge is 2.20. The number of benzene rings is 1. The summed E-state index contributed by atoms with van der Waals surface area (Å²) in [4.78, 5) is 21.2. The maximum atomic E-state index is 12.6. The molecule has 0 spiro atoms. The van der Waals surface area contributed by atoms with Crippen molar-refractivity contribution in [1.82, 2.24) is 24.6 Å². The van der Waals surface area contributed by atoms with Crippen molar-refractivity contribution in [3.05, 3.63) is 66.1 Å². The Morgan fingerprint density at radius 1 is 0.963 bits per heavy atom. The molecule has 0 unspecified atom stereocenters. The minimum atomic E-state index is 0.0532. The number of hydrogen-bond acceptors (Lipinski definition) is 4. The Balaban J connectivity index is 1.49. The summed E-state index contributed by atoms with van der Waals surface area (Å²) in [5.41, 5.74) is 4.59. The van der Waals surface area contributed by atoms with E-state index in [2.05, 4.69) is 41.1 Å². The number of aryl methyl sites for hydroxylation is 1. The van der Waals surface area contributed by atoms with Crippen LogP contribution in [0.4, 0.5) is 0 Å². The molecular weight excluding hydrogens is 338 g/mol. The summed E-state index contributed by atoms with van der Waals surface area (Å²) >= 11 is 0. The van der Waals surface area contributed by atoms with E-state index in [9.17, 15) is 4.79 Å². The quantitative estimate of drug-likeness (QED) is 0.720. The minimum absolute atomic E-state index is 0.0532. The van der Waals surface area contributed by atoms with Gasteiger partial charge in [-0.3, -0.25) is 9.78 Å². The second-order valence-electron chi connectivity index (χ2n) is 7.04. The molecule has 3 aromatic rings. The number of carbonyl (C=O) groups excluding carboxylic acids is 1. The van der Waals surface area contributed by atoms with Crippen LogP contribution in [-0.2, 0) is 0 Å². The fourth-order valence-corrected chi connectivity index (χ4v) is 3.18. The fraction of sp³-hybridized carbons (Fsp3) is 0.286. The molecule has 27 heavy (non-hydrogen) atoms. The van der Waals surface area contributed by atoms with Gasteiger partial charge >= 0.3 is 0 Å². The van der Waals surface area contributed by atoms with Gasteiger partial charge in [0.05, 0.1) is 23.1 Å². The third-order valence-electron chi connectivity index (χ3n) is 4.98. The Morgan fingerprint density at radius 2 is 1.70 bits per heavy atom. The van der Waals surface area contributed by atoms with Crippen molar-refractivity contribution in [3.63, 3.8) is 0 Å². The van der Waals surface area contributed by atoms with Gasteiger partial charge in [-0.25, -0.2) is 4.68 Å². The molecule has 0 saturated carbocycles. The lowest BCUT2D eigenvalue weighted by molar-refractivity contribution is 0.0663. The van der Waals surface area contributed by atoms with Crippen LogP contribution in [-0.4, -0.2) is 63.7 Å². The van der Waals surface area contributed by atoms with Crippen molar-refractivity contribution in [3.8, 4) is 16.9 Å². The van der Waals surface area contributed by atoms with Gasteiger partial charge in [0.25, 0.3) is 5.91 Å². The fourth-order valence-electron chi connectivity index (χ4n) is 3.18. The molecule has 1 saturated heterocycles. The third-order valence-corrected chi connectivity index (χ3v) is 4.98. The first-order valence-electron chi connectivity index (χ1n) is 9.16. The first-order valence-corrected chi connectivity index (χ1v) is 9.16. The number of rotatable bonds is 3. The van der Waals surface area contributed by atoms with Gasteiger partial charge in [0.15, 0.2) is 0 Å². The number of carbonyl (C=O) groups is 1. The average molecular weight is 361 g/mol. The van der Waals surface area contributed by atoms with Gasteiger partial charge in [-0.1, -0.05) is 17.7 Å². The van der Waals surface area contributed by atoms with E-state index >= 15 is 0 Å². The molecule has 0 atom stereocenters. The summed E-state index contributed by atoms with van der Waals surface area (Å²) in [6.07, 6.45) is 5.42. The molecule has 0 N–H and O–H groups in total. The van der Waals surface area contributed by atoms with E-state index < -0.39 is 0 Å². The smallest absolute Gasteiger partial charge is 0.255 e. The first kappa shape index (κ1) is 17.4. The topological polar surface area (TPSA) is 54.3 Å². The monoisotopic (exact) mass is 361 g/mol. The third kappa shape index (κ3) is 3.75. The highest BCUT2D eigenvalue weighted by Crippen LogP contribution is 2.19. The van der Waals surface area contributed by atoms with E-state index in [1.165, 1.54) is 5.56 Å². The molecule has 0 bridgehead atoms. The summed E-state index contributed by atoms with van der Waals surface area (Å²) in [6.45, 7) is 5.42. The van der Waals surface area contributed by atoms with Crippen molar-refractivity contribution in [2.75, 3.05) is 33.2 Å². The number of amides is 1. The van der Waals surface area contributed by atoms with Gasteiger partial charge in [0, 0.05) is 44.1 Å². The Morgan fingerprint density at radius 3 is 2.37 bits per heavy atom. The molecule has 6 heteroatoms. The number of aromatic nitrogens is 3. The van der Waals surface area contributed by atoms with Crippen molar-refractivity contribution in [2.45, 2.75) is 6.92 Å². The summed E-state index contributed by atoms with van der Waals surface area (Å²) in [7, 11) is 2.08. The Kier molecular flexibility index (Phi) is 4.73. The second kappa shape index (κ2) is 7.32. The molecule has 1 aliphatic rings. The van der Waals surface area contributed by atoms with E-state index in [-0.39, 0.29) is 5.91 Å². The normalized spacial score (nSPS) is 15.1. The number of pyridine rings is 1. The van der Waals surface area contributed by atoms with Crippen LogP contribution in [0.3, 0.4) is 0 Å². The van der Waals surface area contributed by atoms with E-state index in [0.717, 1.165) is 43.1 Å². The van der Waals surface area contributed by atoms with Crippen molar-refractivity contribution in [2.24, 2.45) is 0 Å². The second-order valence-corrected chi connectivity index (χ2v) is 7.04. The SMILES string of the molecule is Cc1ccc(-n2cc(-c3ccc(C(=O)N4CCN(C)CC4)cn3)cn2)cc1. The van der Waals surface area contributed by atoms with Gasteiger partial charge in [-0.05, 0) is 38.2 Å². The predicted octanol–water partition coefficient (Wildman–Crippen LogP) is 2.63. The molecule has 4 rings (SSSR count). The summed E-state index contributed by atoms with van der Waals surface area (Å²) in [5, 5.41) is 4.43. The number of hydrogen-bond donors (Lipinski definition) is 0. The van der Waals surface area contributed by atoms with Gasteiger partial charge < -0.3 is 9.80 Å². The van der Waals surface area contributed by atoms with E-state index in [1.807, 2.05) is 40.0 Å². The van der Waals surface area contributed by atoms with Crippen LogP contribution in [0.15, 0.2) is 55.0 Å². The lowest BCUT2D eigenvalue weighted by Gasteiger charge is -2.32. The molecule has 138 valence electrons. The molecule has 0 radical (unpaired) electrons. The lowest BCUT2D eigenvalue weighted by atomic mass is 10.1. The number of likely N-dealkylation sites (N-methyl/N-ethyl adjacent to an activating group) is 1. The zero-order valence-electron chi connectivity index (χ0n) is 15.7. The molecular formula is C21H23N5O. The van der Waals surface area contributed by atoms with Crippen LogP contribution < -0.4 is 0 Å². The zero-order valence-corrected chi connectivity index (χ0v) is 15.7. The average Bonchev–Trinajstić information content (AvgIpc) is 3.19. The largest absolute Gasteiger partial charge is 0.336 e. The van der Waals surface area contributed by atoms with Crippen LogP contribution >= 0.6 is 0 Å². The molecule has 0 aliphatic carbocycles. The highest BCUT2D eigenvalue weighted by molar-refractivity contribution is 5.94. The summed E-state index contributed by atoms with van der Waals surface area (Å²) < 4.78 is 1.83. The zero-order chi connectivity index (χ0) is 18.8. The van der Waals surface area contributed by atoms with Crippen molar-refractivity contribution in [1.29, 1.82) is 0 Å². The van der Waals surface area contributed by atoms with E-state index in [0.29, 0.717) is 5.56 Å². The molecule has 2 aromatic heterocycles. The van der Waals surface area contributed by atoms with Crippen molar-refractivity contribution >= 4 is 5.91 Å². The maximum Gasteiger partial charge on any atom is 0.255 e. The first-order chi connectivity index (χ1) is 13.1. The standard InChI is InChI=1S/C21H23N5O/c1-16-3-6-19(7-4-16)26-15-18(14-23-26)20-8-5-17(13-22-20)21(27)25-11-9-24(2)10-12-25/h3-8,13-15H,9-12H2,1-2H3. The predicted molar refractivity (Wildman–Crippen MR) is 105 cm³/mol. The van der Waals surface area contributed by atoms with Crippen LogP contribution in [0.1, 0.15) is 15.9 Å². The minimum Gasteiger partial charge on any atom is -0.336 e. The molecule has 1 fully saturated rings. The van der Waals surface area contributed by atoms with E-state index in [4.69, 9.17) is 0 Å². The Bertz CT molecular complexity index is 922. The Labute approximate surface area is 159 Å². The molecule has 1 aliphatic heterocycles. The Hall–Kier alpha value is -2.99. The summed E-state index contributed by atoms with van der Waals surface area (Å²) in [6, 6.07) is 11.9. The lowest BCUT2D eigenvalue weighted by Crippen LogP contribution is -2.47. The maximum absolute atomic E-state index is 12.6. The van der Waals surface area contributed by atoms with Crippen LogP contribution in [0.25, 0.3) is 16.9 Å². The van der Waals surface area contributed by atoms with Crippen molar-refractivity contribution < 1.29 is 4.79 Å². The highest BCUT2D eigenvalue weighted by atomic mass is 16.2. The van der Waals surface area contributed by atoms with Crippen LogP contribution in [0.2, 0.25) is 0 Å². The van der Waals surface area contributed by atoms with Gasteiger partial charge in [-0.2, -0.15) is 5.10 Å². The van der Waals surface area contributed by atoms with Crippen LogP contribution in [0.5, 0.6) is 0 Å². The van der Waals surface area contributed by atoms with Gasteiger partial charge in [0.2, 0.25) is 0 Å². The number of piperazine rings is 1. The van der Waals surface area contributed by atoms with Gasteiger partial charge in [-0.15, -0.1) is 0 Å². The molecule has 3 heterocycles. The molecule has 1 aromatic carbocycles. The molecule has 6 nitrogen and oxygen atoms in total. The van der Waals surface area contributed by atoms with E-state index in [1.54, 1.807) is 12.4 Å². The number of nitrogens with zero attached hydrogens (tertiary/aromatic N) is 5. The van der Waals surface area contributed by atoms with Gasteiger partial charge in [0.1, 0.15) is 0 Å².